The Kier molecular flexibility index (Phi) is 9.92. The summed E-state index contributed by atoms with van der Waals surface area (Å²) in [6.45, 7) is 0.980. The number of halogens is 1. The fourth-order valence-corrected chi connectivity index (χ4v) is 7.00. The number of rotatable bonds is 11. The van der Waals surface area contributed by atoms with Crippen molar-refractivity contribution in [1.82, 2.24) is 24.4 Å². The van der Waals surface area contributed by atoms with Gasteiger partial charge in [0.25, 0.3) is 5.91 Å². The number of amides is 2. The molecule has 1 aliphatic rings. The lowest BCUT2D eigenvalue weighted by Gasteiger charge is -2.25. The molecule has 2 N–H and O–H groups in total. The van der Waals surface area contributed by atoms with Crippen LogP contribution in [0.3, 0.4) is 0 Å². The monoisotopic (exact) mass is 638 g/mol. The number of anilines is 1. The average Bonchev–Trinajstić information content (AvgIpc) is 3.46. The molecule has 3 aromatic carbocycles. The van der Waals surface area contributed by atoms with Crippen LogP contribution in [0.4, 0.5) is 10.1 Å². The summed E-state index contributed by atoms with van der Waals surface area (Å²) >= 11 is 1.13. The molecule has 5 rings (SSSR count). The van der Waals surface area contributed by atoms with Gasteiger partial charge in [-0.15, -0.1) is 10.2 Å². The Bertz CT molecular complexity index is 1720. The Morgan fingerprint density at radius 3 is 2.36 bits per heavy atom. The minimum Gasteiger partial charge on any atom is -0.495 e. The molecule has 230 valence electrons. The van der Waals surface area contributed by atoms with Crippen molar-refractivity contribution in [2.75, 3.05) is 31.3 Å². The first-order chi connectivity index (χ1) is 21.3. The Morgan fingerprint density at radius 2 is 1.66 bits per heavy atom. The maximum atomic E-state index is 13.2. The highest BCUT2D eigenvalue weighted by Gasteiger charge is 2.26. The van der Waals surface area contributed by atoms with Crippen LogP contribution in [0.25, 0.3) is 5.69 Å². The minimum atomic E-state index is -3.61. The molecule has 44 heavy (non-hydrogen) atoms. The SMILES string of the molecule is COc1ccccc1-n1c(CNC(=O)c2ccc(S(=O)(=O)N3CCCCC3)cc2)nnc1SCC(=O)Nc1ccc(F)cc1. The molecule has 0 saturated carbocycles. The summed E-state index contributed by atoms with van der Waals surface area (Å²) in [4.78, 5) is 25.8. The molecule has 2 heterocycles. The molecule has 0 radical (unpaired) electrons. The molecule has 0 bridgehead atoms. The van der Waals surface area contributed by atoms with Crippen LogP contribution in [0.5, 0.6) is 5.75 Å². The number of sulfonamides is 1. The van der Waals surface area contributed by atoms with Crippen molar-refractivity contribution in [2.45, 2.75) is 35.9 Å². The molecule has 1 aromatic heterocycles. The standard InChI is InChI=1S/C30H31FN6O5S2/c1-42-26-8-4-3-7-25(26)37-27(34-35-30(37)43-20-28(38)33-23-13-11-22(31)12-14-23)19-32-29(39)21-9-15-24(16-10-21)44(40,41)36-17-5-2-6-18-36/h3-4,7-16H,2,5-6,17-20H2,1H3,(H,32,39)(H,33,38). The predicted octanol–water partition coefficient (Wildman–Crippen LogP) is 4.25. The molecule has 4 aromatic rings. The van der Waals surface area contributed by atoms with Crippen LogP contribution in [0.1, 0.15) is 35.4 Å². The number of carbonyl (C=O) groups excluding carboxylic acids is 2. The third-order valence-corrected chi connectivity index (χ3v) is 9.80. The van der Waals surface area contributed by atoms with E-state index >= 15 is 0 Å². The van der Waals surface area contributed by atoms with Crippen LogP contribution in [0.2, 0.25) is 0 Å². The summed E-state index contributed by atoms with van der Waals surface area (Å²) < 4.78 is 47.8. The Balaban J connectivity index is 1.30. The minimum absolute atomic E-state index is 0.0102. The van der Waals surface area contributed by atoms with Crippen molar-refractivity contribution >= 4 is 39.3 Å². The van der Waals surface area contributed by atoms with Gasteiger partial charge in [0.05, 0.1) is 30.0 Å². The van der Waals surface area contributed by atoms with Gasteiger partial charge in [-0.3, -0.25) is 14.2 Å². The summed E-state index contributed by atoms with van der Waals surface area (Å²) in [5.41, 5.74) is 1.36. The lowest BCUT2D eigenvalue weighted by atomic mass is 10.2. The van der Waals surface area contributed by atoms with Gasteiger partial charge in [0.1, 0.15) is 11.6 Å². The zero-order valence-corrected chi connectivity index (χ0v) is 25.5. The van der Waals surface area contributed by atoms with Gasteiger partial charge in [0.2, 0.25) is 15.9 Å². The van der Waals surface area contributed by atoms with E-state index in [0.29, 0.717) is 41.2 Å². The number of carbonyl (C=O) groups is 2. The number of ether oxygens (including phenoxy) is 1. The number of thioether (sulfide) groups is 1. The largest absolute Gasteiger partial charge is 0.495 e. The molecular formula is C30H31FN6O5S2. The average molecular weight is 639 g/mol. The lowest BCUT2D eigenvalue weighted by Crippen LogP contribution is -2.35. The highest BCUT2D eigenvalue weighted by atomic mass is 32.2. The normalized spacial score (nSPS) is 13.8. The van der Waals surface area contributed by atoms with Gasteiger partial charge in [0, 0.05) is 24.3 Å². The fourth-order valence-electron chi connectivity index (χ4n) is 4.72. The Hall–Kier alpha value is -4.27. The van der Waals surface area contributed by atoms with Crippen molar-refractivity contribution in [3.05, 3.63) is 90.0 Å². The second-order valence-electron chi connectivity index (χ2n) is 9.92. The maximum absolute atomic E-state index is 13.2. The van der Waals surface area contributed by atoms with Crippen LogP contribution < -0.4 is 15.4 Å². The van der Waals surface area contributed by atoms with E-state index in [9.17, 15) is 22.4 Å². The van der Waals surface area contributed by atoms with Crippen molar-refractivity contribution in [3.8, 4) is 11.4 Å². The number of hydrogen-bond acceptors (Lipinski definition) is 8. The number of piperidine rings is 1. The first-order valence-electron chi connectivity index (χ1n) is 13.9. The van der Waals surface area contributed by atoms with E-state index in [-0.39, 0.29) is 28.7 Å². The van der Waals surface area contributed by atoms with E-state index < -0.39 is 21.7 Å². The summed E-state index contributed by atoms with van der Waals surface area (Å²) in [5.74, 6) is -0.244. The van der Waals surface area contributed by atoms with Gasteiger partial charge in [-0.1, -0.05) is 30.3 Å². The summed E-state index contributed by atoms with van der Waals surface area (Å²) in [6, 6.07) is 18.5. The van der Waals surface area contributed by atoms with Gasteiger partial charge in [-0.2, -0.15) is 4.31 Å². The van der Waals surface area contributed by atoms with Gasteiger partial charge in [-0.25, -0.2) is 12.8 Å². The molecule has 2 amide bonds. The second kappa shape index (κ2) is 14.0. The molecule has 1 saturated heterocycles. The summed E-state index contributed by atoms with van der Waals surface area (Å²) in [5, 5.41) is 14.4. The van der Waals surface area contributed by atoms with Crippen molar-refractivity contribution in [1.29, 1.82) is 0 Å². The topological polar surface area (TPSA) is 136 Å². The highest BCUT2D eigenvalue weighted by molar-refractivity contribution is 7.99. The zero-order chi connectivity index (χ0) is 31.1. The molecule has 0 aliphatic carbocycles. The first-order valence-corrected chi connectivity index (χ1v) is 16.3. The maximum Gasteiger partial charge on any atom is 0.251 e. The van der Waals surface area contributed by atoms with Crippen LogP contribution in [0, 0.1) is 5.82 Å². The molecule has 0 unspecified atom stereocenters. The number of nitrogens with zero attached hydrogens (tertiary/aromatic N) is 4. The van der Waals surface area contributed by atoms with Gasteiger partial charge in [-0.05, 0) is 73.5 Å². The van der Waals surface area contributed by atoms with Crippen molar-refractivity contribution in [2.24, 2.45) is 0 Å². The third-order valence-electron chi connectivity index (χ3n) is 6.96. The van der Waals surface area contributed by atoms with Crippen LogP contribution >= 0.6 is 11.8 Å². The second-order valence-corrected chi connectivity index (χ2v) is 12.8. The molecule has 1 fully saturated rings. The Labute approximate surface area is 258 Å². The van der Waals surface area contributed by atoms with Crippen molar-refractivity contribution < 1.29 is 27.1 Å². The molecule has 1 aliphatic heterocycles. The number of nitrogens with one attached hydrogen (secondary N) is 2. The van der Waals surface area contributed by atoms with E-state index in [1.807, 2.05) is 12.1 Å². The smallest absolute Gasteiger partial charge is 0.251 e. The number of methoxy groups -OCH3 is 1. The summed E-state index contributed by atoms with van der Waals surface area (Å²) in [7, 11) is -2.08. The Morgan fingerprint density at radius 1 is 0.955 bits per heavy atom. The van der Waals surface area contributed by atoms with Crippen LogP contribution in [-0.4, -0.2) is 65.3 Å². The molecule has 0 spiro atoms. The van der Waals surface area contributed by atoms with E-state index in [1.54, 1.807) is 16.7 Å². The number of benzene rings is 3. The van der Waals surface area contributed by atoms with Gasteiger partial charge in [0.15, 0.2) is 11.0 Å². The number of para-hydroxylation sites is 2. The third kappa shape index (κ3) is 7.26. The van der Waals surface area contributed by atoms with E-state index in [0.717, 1.165) is 31.0 Å². The number of aromatic nitrogens is 3. The van der Waals surface area contributed by atoms with Crippen LogP contribution in [0.15, 0.2) is 82.8 Å². The fraction of sp³-hybridized carbons (Fsp3) is 0.267. The van der Waals surface area contributed by atoms with Gasteiger partial charge >= 0.3 is 0 Å². The molecule has 14 heteroatoms. The quantitative estimate of drug-likeness (QED) is 0.233. The predicted molar refractivity (Wildman–Crippen MR) is 164 cm³/mol. The molecular weight excluding hydrogens is 607 g/mol. The molecule has 11 nitrogen and oxygen atoms in total. The van der Waals surface area contributed by atoms with E-state index in [2.05, 4.69) is 20.8 Å². The number of hydrogen-bond donors (Lipinski definition) is 2. The van der Waals surface area contributed by atoms with Gasteiger partial charge < -0.3 is 15.4 Å². The van der Waals surface area contributed by atoms with Crippen LogP contribution in [-0.2, 0) is 21.4 Å². The van der Waals surface area contributed by atoms with E-state index in [1.165, 1.54) is 59.9 Å². The van der Waals surface area contributed by atoms with E-state index in [4.69, 9.17) is 4.74 Å². The van der Waals surface area contributed by atoms with Crippen molar-refractivity contribution in [3.63, 3.8) is 0 Å². The first kappa shape index (κ1) is 31.2. The molecule has 0 atom stereocenters. The summed E-state index contributed by atoms with van der Waals surface area (Å²) in [6.07, 6.45) is 2.69. The zero-order valence-electron chi connectivity index (χ0n) is 23.9. The lowest BCUT2D eigenvalue weighted by molar-refractivity contribution is -0.113. The highest BCUT2D eigenvalue weighted by Crippen LogP contribution is 2.29.